The number of hydrogen-bond acceptors (Lipinski definition) is 8. The quantitative estimate of drug-likeness (QED) is 0.160. The van der Waals surface area contributed by atoms with E-state index in [1.807, 2.05) is 13.8 Å². The summed E-state index contributed by atoms with van der Waals surface area (Å²) in [7, 11) is 0. The summed E-state index contributed by atoms with van der Waals surface area (Å²) in [5.41, 5.74) is 7.58. The van der Waals surface area contributed by atoms with Gasteiger partial charge in [-0.25, -0.2) is 0 Å². The summed E-state index contributed by atoms with van der Waals surface area (Å²) >= 11 is 0. The highest BCUT2D eigenvalue weighted by Crippen LogP contribution is 2.37. The summed E-state index contributed by atoms with van der Waals surface area (Å²) in [6.07, 6.45) is 3.71. The van der Waals surface area contributed by atoms with Gasteiger partial charge in [0, 0.05) is 30.7 Å². The number of Topliss-reactive ketones (excluding diaryl/α,β-unsaturated/α-hetero) is 2. The highest BCUT2D eigenvalue weighted by atomic mass is 16.4. The van der Waals surface area contributed by atoms with Crippen LogP contribution < -0.4 is 0 Å². The molecule has 4 heterocycles. The lowest BCUT2D eigenvalue weighted by Crippen LogP contribution is -2.12. The van der Waals surface area contributed by atoms with Crippen molar-refractivity contribution in [2.24, 2.45) is 9.98 Å². The number of nitrogens with zero attached hydrogens (tertiary/aromatic N) is 2. The molecule has 12 nitrogen and oxygen atoms in total. The number of H-pyrrole nitrogens is 2. The van der Waals surface area contributed by atoms with E-state index in [-0.39, 0.29) is 66.6 Å². The summed E-state index contributed by atoms with van der Waals surface area (Å²) in [6, 6.07) is 0. The Labute approximate surface area is 259 Å². The van der Waals surface area contributed by atoms with Crippen LogP contribution in [-0.2, 0) is 9.59 Å². The van der Waals surface area contributed by atoms with E-state index in [1.165, 1.54) is 13.8 Å². The van der Waals surface area contributed by atoms with Gasteiger partial charge in [0.1, 0.15) is 0 Å². The van der Waals surface area contributed by atoms with E-state index in [0.717, 1.165) is 22.3 Å². The number of hydrogen-bond donors (Lipinski definition) is 6. The molecule has 0 saturated heterocycles. The van der Waals surface area contributed by atoms with Gasteiger partial charge in [0.05, 0.1) is 33.9 Å². The SMILES string of the molecule is CC(=O)c1c(O)[nH]c(/C=C2/N=C(CC3=N/C(=C/c4[nH]c(O)c(C(C)=O)c4C)C(C)=C3CCC(=O)O)C(CCC(=O)O)=C2C)c1C. The lowest BCUT2D eigenvalue weighted by Gasteiger charge is -2.10. The zero-order chi connectivity index (χ0) is 33.3. The minimum atomic E-state index is -0.973. The van der Waals surface area contributed by atoms with Crippen molar-refractivity contribution in [3.63, 3.8) is 0 Å². The summed E-state index contributed by atoms with van der Waals surface area (Å²) in [5.74, 6) is -3.02. The van der Waals surface area contributed by atoms with Crippen molar-refractivity contribution in [2.75, 3.05) is 0 Å². The van der Waals surface area contributed by atoms with Crippen molar-refractivity contribution in [3.8, 4) is 11.8 Å². The first-order valence-electron chi connectivity index (χ1n) is 14.4. The minimum absolute atomic E-state index is 0.137. The maximum Gasteiger partial charge on any atom is 0.303 e. The first-order chi connectivity index (χ1) is 21.1. The summed E-state index contributed by atoms with van der Waals surface area (Å²) in [5, 5.41) is 39.4. The molecule has 2 aromatic heterocycles. The van der Waals surface area contributed by atoms with Gasteiger partial charge in [0.2, 0.25) is 0 Å². The molecule has 0 saturated carbocycles. The van der Waals surface area contributed by atoms with Crippen LogP contribution in [0.2, 0.25) is 0 Å². The Morgan fingerprint density at radius 2 is 1.02 bits per heavy atom. The lowest BCUT2D eigenvalue weighted by atomic mass is 9.93. The van der Waals surface area contributed by atoms with Gasteiger partial charge in [0.15, 0.2) is 23.3 Å². The molecule has 0 fully saturated rings. The normalized spacial score (nSPS) is 16.7. The average Bonchev–Trinajstić information content (AvgIpc) is 3.58. The monoisotopic (exact) mass is 616 g/mol. The number of aliphatic carboxylic acids is 2. The van der Waals surface area contributed by atoms with Gasteiger partial charge in [-0.05, 0) is 100.0 Å². The van der Waals surface area contributed by atoms with Gasteiger partial charge in [-0.3, -0.25) is 29.2 Å². The largest absolute Gasteiger partial charge is 0.494 e. The number of carboxylic acids is 2. The first-order valence-corrected chi connectivity index (χ1v) is 14.4. The number of ketones is 2. The fourth-order valence-electron chi connectivity index (χ4n) is 5.81. The third-order valence-electron chi connectivity index (χ3n) is 8.20. The number of carbonyl (C=O) groups excluding carboxylic acids is 2. The van der Waals surface area contributed by atoms with Crippen molar-refractivity contribution in [1.82, 2.24) is 9.97 Å². The van der Waals surface area contributed by atoms with E-state index < -0.39 is 11.9 Å². The van der Waals surface area contributed by atoms with Crippen LogP contribution in [0.1, 0.15) is 103 Å². The van der Waals surface area contributed by atoms with Gasteiger partial charge in [-0.1, -0.05) is 0 Å². The minimum Gasteiger partial charge on any atom is -0.494 e. The number of nitrogens with one attached hydrogen (secondary N) is 2. The Morgan fingerprint density at radius 1 is 0.667 bits per heavy atom. The maximum atomic E-state index is 12.0. The number of carbonyl (C=O) groups is 4. The van der Waals surface area contributed by atoms with E-state index in [9.17, 15) is 39.6 Å². The number of allylic oxidation sites excluding steroid dienone is 4. The first kappa shape index (κ1) is 32.6. The zero-order valence-corrected chi connectivity index (χ0v) is 26.0. The Morgan fingerprint density at radius 3 is 1.31 bits per heavy atom. The molecule has 0 spiro atoms. The molecule has 0 radical (unpaired) electrons. The number of aliphatic imine (C=N–C) groups is 2. The molecule has 2 aliphatic heterocycles. The Hall–Kier alpha value is -5.26. The van der Waals surface area contributed by atoms with Gasteiger partial charge in [-0.2, -0.15) is 0 Å². The fraction of sp³-hybridized carbons (Fsp3) is 0.333. The van der Waals surface area contributed by atoms with Crippen molar-refractivity contribution < 1.29 is 39.6 Å². The molecule has 4 rings (SSSR count). The molecule has 0 bridgehead atoms. The smallest absolute Gasteiger partial charge is 0.303 e. The summed E-state index contributed by atoms with van der Waals surface area (Å²) < 4.78 is 0. The molecule has 0 aliphatic carbocycles. The van der Waals surface area contributed by atoms with Crippen LogP contribution in [0.5, 0.6) is 11.8 Å². The highest BCUT2D eigenvalue weighted by molar-refractivity contribution is 6.21. The summed E-state index contributed by atoms with van der Waals surface area (Å²) in [4.78, 5) is 62.4. The van der Waals surface area contributed by atoms with Crippen LogP contribution in [-0.4, -0.2) is 65.3 Å². The van der Waals surface area contributed by atoms with Gasteiger partial charge < -0.3 is 30.4 Å². The van der Waals surface area contributed by atoms with Crippen LogP contribution in [0.25, 0.3) is 12.2 Å². The van der Waals surface area contributed by atoms with Crippen molar-refractivity contribution in [2.45, 2.75) is 73.6 Å². The predicted molar refractivity (Wildman–Crippen MR) is 169 cm³/mol. The van der Waals surface area contributed by atoms with E-state index in [1.54, 1.807) is 26.0 Å². The zero-order valence-electron chi connectivity index (χ0n) is 26.0. The van der Waals surface area contributed by atoms with Crippen LogP contribution in [0.4, 0.5) is 0 Å². The Balaban J connectivity index is 1.80. The molecule has 0 unspecified atom stereocenters. The molecule has 0 atom stereocenters. The predicted octanol–water partition coefficient (Wildman–Crippen LogP) is 5.82. The Kier molecular flexibility index (Phi) is 9.26. The molecule has 0 aromatic carbocycles. The standard InChI is InChI=1S/C33H36N4O8/c1-14-20(7-9-28(40)41)26(34-22(14)11-24-16(3)30(18(5)38)32(44)36-24)13-27-21(8-10-29(42)43)15(2)23(35-27)12-25-17(4)31(19(6)39)33(45)37-25/h11-12,36-37,44-45H,7-10,13H2,1-6H3,(H,40,41)(H,42,43)/b22-11+,23-12+. The van der Waals surface area contributed by atoms with E-state index in [0.29, 0.717) is 45.3 Å². The second kappa shape index (κ2) is 12.8. The van der Waals surface area contributed by atoms with Crippen LogP contribution >= 0.6 is 0 Å². The van der Waals surface area contributed by atoms with Crippen molar-refractivity contribution in [3.05, 3.63) is 67.3 Å². The number of aromatic amines is 2. The molecule has 2 aliphatic rings. The van der Waals surface area contributed by atoms with Crippen LogP contribution in [0, 0.1) is 13.8 Å². The maximum absolute atomic E-state index is 12.0. The lowest BCUT2D eigenvalue weighted by molar-refractivity contribution is -0.137. The van der Waals surface area contributed by atoms with Gasteiger partial charge in [-0.15, -0.1) is 0 Å². The summed E-state index contributed by atoms with van der Waals surface area (Å²) in [6.45, 7) is 9.78. The van der Waals surface area contributed by atoms with Gasteiger partial charge >= 0.3 is 11.9 Å². The van der Waals surface area contributed by atoms with Crippen molar-refractivity contribution in [1.29, 1.82) is 0 Å². The van der Waals surface area contributed by atoms with Crippen LogP contribution in [0.15, 0.2) is 43.7 Å². The molecule has 2 aromatic rings. The second-order valence-electron chi connectivity index (χ2n) is 11.2. The highest BCUT2D eigenvalue weighted by Gasteiger charge is 2.29. The molecule has 0 amide bonds. The van der Waals surface area contributed by atoms with E-state index in [4.69, 9.17) is 9.98 Å². The third kappa shape index (κ3) is 6.64. The molecule has 45 heavy (non-hydrogen) atoms. The van der Waals surface area contributed by atoms with E-state index in [2.05, 4.69) is 9.97 Å². The molecule has 236 valence electrons. The van der Waals surface area contributed by atoms with Crippen molar-refractivity contribution >= 4 is 47.1 Å². The van der Waals surface area contributed by atoms with Gasteiger partial charge in [0.25, 0.3) is 0 Å². The average molecular weight is 617 g/mol. The molecular formula is C33H36N4O8. The number of aromatic hydroxyl groups is 2. The fourth-order valence-corrected chi connectivity index (χ4v) is 5.81. The number of carboxylic acid groups (broad SMARTS) is 2. The topological polar surface area (TPSA) is 205 Å². The number of aromatic nitrogens is 2. The number of rotatable bonds is 12. The molecule has 12 heteroatoms. The second-order valence-corrected chi connectivity index (χ2v) is 11.2. The third-order valence-corrected chi connectivity index (χ3v) is 8.20. The van der Waals surface area contributed by atoms with E-state index >= 15 is 0 Å². The molecule has 6 N–H and O–H groups in total. The molecular weight excluding hydrogens is 580 g/mol. The Bertz CT molecular complexity index is 1710. The van der Waals surface area contributed by atoms with Crippen LogP contribution in [0.3, 0.4) is 0 Å².